The van der Waals surface area contributed by atoms with Crippen molar-refractivity contribution in [3.8, 4) is 0 Å². The molecule has 2 heterocycles. The normalized spacial score (nSPS) is 22.1. The molecule has 3 rings (SSSR count). The van der Waals surface area contributed by atoms with Crippen LogP contribution in [0.3, 0.4) is 0 Å². The van der Waals surface area contributed by atoms with Gasteiger partial charge < -0.3 is 9.42 Å². The first-order valence-electron chi connectivity index (χ1n) is 7.06. The van der Waals surface area contributed by atoms with Crippen LogP contribution in [0.2, 0.25) is 0 Å². The lowest BCUT2D eigenvalue weighted by Crippen LogP contribution is -2.49. The Kier molecular flexibility index (Phi) is 3.03. The number of aryl methyl sites for hydroxylation is 1. The van der Waals surface area contributed by atoms with Crippen LogP contribution in [0, 0.1) is 6.92 Å². The number of aromatic nitrogens is 1. The SMILES string of the molecule is Cc1cc(CN2C(=O)N(C)C3(CCCCC3)C2=O)on1. The highest BCUT2D eigenvalue weighted by atomic mass is 16.5. The number of hydrogen-bond acceptors (Lipinski definition) is 4. The molecule has 0 N–H and O–H groups in total. The summed E-state index contributed by atoms with van der Waals surface area (Å²) in [5.41, 5.74) is 0.129. The first-order chi connectivity index (χ1) is 9.54. The smallest absolute Gasteiger partial charge is 0.327 e. The van der Waals surface area contributed by atoms with Gasteiger partial charge in [0.25, 0.3) is 5.91 Å². The van der Waals surface area contributed by atoms with Gasteiger partial charge in [-0.1, -0.05) is 24.4 Å². The van der Waals surface area contributed by atoms with E-state index in [0.717, 1.165) is 37.8 Å². The number of carbonyl (C=O) groups excluding carboxylic acids is 2. The number of amides is 3. The van der Waals surface area contributed by atoms with E-state index in [9.17, 15) is 9.59 Å². The van der Waals surface area contributed by atoms with Crippen LogP contribution in [0.5, 0.6) is 0 Å². The number of rotatable bonds is 2. The first-order valence-corrected chi connectivity index (χ1v) is 7.06. The lowest BCUT2D eigenvalue weighted by molar-refractivity contribution is -0.135. The molecular formula is C14H19N3O3. The van der Waals surface area contributed by atoms with Gasteiger partial charge in [-0.15, -0.1) is 0 Å². The molecule has 1 saturated heterocycles. The largest absolute Gasteiger partial charge is 0.359 e. The maximum absolute atomic E-state index is 12.7. The minimum Gasteiger partial charge on any atom is -0.359 e. The van der Waals surface area contributed by atoms with E-state index >= 15 is 0 Å². The zero-order valence-corrected chi connectivity index (χ0v) is 11.9. The van der Waals surface area contributed by atoms with Crippen molar-refractivity contribution in [2.24, 2.45) is 0 Å². The lowest BCUT2D eigenvalue weighted by atomic mass is 9.81. The van der Waals surface area contributed by atoms with Gasteiger partial charge in [-0.05, 0) is 19.8 Å². The van der Waals surface area contributed by atoms with Gasteiger partial charge in [0.15, 0.2) is 5.76 Å². The predicted molar refractivity (Wildman–Crippen MR) is 70.8 cm³/mol. The highest BCUT2D eigenvalue weighted by Gasteiger charge is 2.55. The Morgan fingerprint density at radius 3 is 2.60 bits per heavy atom. The van der Waals surface area contributed by atoms with Crippen molar-refractivity contribution in [3.63, 3.8) is 0 Å². The second kappa shape index (κ2) is 4.61. The molecule has 6 nitrogen and oxygen atoms in total. The van der Waals surface area contributed by atoms with Crippen molar-refractivity contribution < 1.29 is 14.1 Å². The van der Waals surface area contributed by atoms with Crippen LogP contribution in [0.25, 0.3) is 0 Å². The molecule has 2 aliphatic rings. The molecule has 0 radical (unpaired) electrons. The van der Waals surface area contributed by atoms with Crippen LogP contribution >= 0.6 is 0 Å². The van der Waals surface area contributed by atoms with Crippen LogP contribution in [-0.4, -0.2) is 39.5 Å². The maximum Gasteiger partial charge on any atom is 0.327 e. The van der Waals surface area contributed by atoms with Crippen molar-refractivity contribution >= 4 is 11.9 Å². The summed E-state index contributed by atoms with van der Waals surface area (Å²) in [6.07, 6.45) is 4.66. The van der Waals surface area contributed by atoms with E-state index in [1.54, 1.807) is 18.0 Å². The molecule has 6 heteroatoms. The fourth-order valence-corrected chi connectivity index (χ4v) is 3.32. The second-order valence-corrected chi connectivity index (χ2v) is 5.76. The number of hydrogen-bond donors (Lipinski definition) is 0. The van der Waals surface area contributed by atoms with Crippen molar-refractivity contribution in [3.05, 3.63) is 17.5 Å². The van der Waals surface area contributed by atoms with E-state index in [4.69, 9.17) is 4.52 Å². The van der Waals surface area contributed by atoms with Gasteiger partial charge in [-0.3, -0.25) is 9.69 Å². The summed E-state index contributed by atoms with van der Waals surface area (Å²) in [6, 6.07) is 1.53. The van der Waals surface area contributed by atoms with Gasteiger partial charge in [0.05, 0.1) is 12.2 Å². The van der Waals surface area contributed by atoms with Crippen LogP contribution in [0.4, 0.5) is 4.79 Å². The first kappa shape index (κ1) is 13.1. The standard InChI is InChI=1S/C14H19N3O3/c1-10-8-11(20-15-10)9-17-12(18)14(16(2)13(17)19)6-4-3-5-7-14/h8H,3-7,9H2,1-2H3. The number of imide groups is 1. The molecule has 1 aromatic rings. The van der Waals surface area contributed by atoms with Gasteiger partial charge in [-0.25, -0.2) is 4.79 Å². The highest BCUT2D eigenvalue weighted by Crippen LogP contribution is 2.39. The average molecular weight is 277 g/mol. The topological polar surface area (TPSA) is 66.7 Å². The summed E-state index contributed by atoms with van der Waals surface area (Å²) < 4.78 is 5.12. The molecule has 0 unspecified atom stereocenters. The molecule has 0 atom stereocenters. The van der Waals surface area contributed by atoms with Crippen molar-refractivity contribution in [2.45, 2.75) is 51.1 Å². The van der Waals surface area contributed by atoms with Gasteiger partial charge >= 0.3 is 6.03 Å². The highest BCUT2D eigenvalue weighted by molar-refractivity contribution is 6.06. The quantitative estimate of drug-likeness (QED) is 0.776. The van der Waals surface area contributed by atoms with Crippen molar-refractivity contribution in [1.29, 1.82) is 0 Å². The van der Waals surface area contributed by atoms with Gasteiger partial charge in [0.1, 0.15) is 5.54 Å². The summed E-state index contributed by atoms with van der Waals surface area (Å²) >= 11 is 0. The molecular weight excluding hydrogens is 258 g/mol. The number of nitrogens with zero attached hydrogens (tertiary/aromatic N) is 3. The van der Waals surface area contributed by atoms with E-state index in [2.05, 4.69) is 5.16 Å². The molecule has 108 valence electrons. The monoisotopic (exact) mass is 277 g/mol. The average Bonchev–Trinajstić information content (AvgIpc) is 2.93. The Labute approximate surface area is 117 Å². The zero-order valence-electron chi connectivity index (χ0n) is 11.9. The minimum atomic E-state index is -0.621. The Balaban J connectivity index is 1.85. The molecule has 1 aliphatic heterocycles. The number of likely N-dealkylation sites (N-methyl/N-ethyl adjacent to an activating group) is 1. The Hall–Kier alpha value is -1.85. The summed E-state index contributed by atoms with van der Waals surface area (Å²) in [5, 5.41) is 3.79. The maximum atomic E-state index is 12.7. The molecule has 20 heavy (non-hydrogen) atoms. The van der Waals surface area contributed by atoms with Gasteiger partial charge in [0.2, 0.25) is 0 Å². The van der Waals surface area contributed by atoms with Crippen LogP contribution in [-0.2, 0) is 11.3 Å². The van der Waals surface area contributed by atoms with Crippen molar-refractivity contribution in [2.75, 3.05) is 7.05 Å². The summed E-state index contributed by atoms with van der Waals surface area (Å²) in [5.74, 6) is 0.462. The van der Waals surface area contributed by atoms with Gasteiger partial charge in [0, 0.05) is 13.1 Å². The Bertz CT molecular complexity index is 546. The van der Waals surface area contributed by atoms with E-state index in [1.807, 2.05) is 6.92 Å². The molecule has 1 spiro atoms. The molecule has 1 aromatic heterocycles. The Morgan fingerprint density at radius 2 is 2.00 bits per heavy atom. The van der Waals surface area contributed by atoms with E-state index in [0.29, 0.717) is 5.76 Å². The Morgan fingerprint density at radius 1 is 1.30 bits per heavy atom. The second-order valence-electron chi connectivity index (χ2n) is 5.76. The van der Waals surface area contributed by atoms with Crippen LogP contribution < -0.4 is 0 Å². The third-order valence-electron chi connectivity index (χ3n) is 4.47. The molecule has 1 aliphatic carbocycles. The fraction of sp³-hybridized carbons (Fsp3) is 0.643. The van der Waals surface area contributed by atoms with Crippen LogP contribution in [0.15, 0.2) is 10.6 Å². The fourth-order valence-electron chi connectivity index (χ4n) is 3.32. The molecule has 3 amide bonds. The molecule has 0 aromatic carbocycles. The van der Waals surface area contributed by atoms with Gasteiger partial charge in [-0.2, -0.15) is 0 Å². The van der Waals surface area contributed by atoms with E-state index < -0.39 is 5.54 Å². The zero-order chi connectivity index (χ0) is 14.3. The predicted octanol–water partition coefficient (Wildman–Crippen LogP) is 2.08. The molecule has 2 fully saturated rings. The molecule has 0 bridgehead atoms. The van der Waals surface area contributed by atoms with E-state index in [-0.39, 0.29) is 18.5 Å². The van der Waals surface area contributed by atoms with E-state index in [1.165, 1.54) is 4.90 Å². The number of carbonyl (C=O) groups is 2. The number of urea groups is 1. The molecule has 1 saturated carbocycles. The summed E-state index contributed by atoms with van der Waals surface area (Å²) in [6.45, 7) is 1.99. The lowest BCUT2D eigenvalue weighted by Gasteiger charge is -2.35. The van der Waals surface area contributed by atoms with Crippen LogP contribution in [0.1, 0.15) is 43.6 Å². The van der Waals surface area contributed by atoms with Crippen molar-refractivity contribution in [1.82, 2.24) is 15.0 Å². The summed E-state index contributed by atoms with van der Waals surface area (Å²) in [4.78, 5) is 28.0. The third kappa shape index (κ3) is 1.82. The summed E-state index contributed by atoms with van der Waals surface area (Å²) in [7, 11) is 1.73. The third-order valence-corrected chi connectivity index (χ3v) is 4.47. The minimum absolute atomic E-state index is 0.0845.